The van der Waals surface area contributed by atoms with E-state index in [9.17, 15) is 4.79 Å². The maximum absolute atomic E-state index is 12.4. The van der Waals surface area contributed by atoms with Crippen LogP contribution in [0.2, 0.25) is 18.1 Å². The van der Waals surface area contributed by atoms with Gasteiger partial charge in [-0.05, 0) is 62.2 Å². The van der Waals surface area contributed by atoms with Gasteiger partial charge in [0.2, 0.25) is 0 Å². The SMILES string of the molecule is CCCCCCC1CCCC(=O)/C(=C/CCO[Si](C)(C)C(C)(C)C(C)C)O1. The Balaban J connectivity index is 2.55. The molecular weight excluding hydrogens is 352 g/mol. The molecule has 1 rings (SSSR count). The first-order chi connectivity index (χ1) is 12.6. The second-order valence-electron chi connectivity index (χ2n) is 9.50. The first-order valence-corrected chi connectivity index (χ1v) is 14.1. The molecule has 0 spiro atoms. The molecule has 1 aliphatic rings. The Morgan fingerprint density at radius 1 is 1.26 bits per heavy atom. The van der Waals surface area contributed by atoms with Crippen molar-refractivity contribution in [2.45, 2.75) is 117 Å². The molecule has 0 N–H and O–H groups in total. The van der Waals surface area contributed by atoms with Crippen molar-refractivity contribution in [1.29, 1.82) is 0 Å². The first kappa shape index (κ1) is 24.4. The van der Waals surface area contributed by atoms with Crippen molar-refractivity contribution in [3.63, 3.8) is 0 Å². The molecule has 1 atom stereocenters. The van der Waals surface area contributed by atoms with Gasteiger partial charge in [0.1, 0.15) is 0 Å². The van der Waals surface area contributed by atoms with E-state index in [1.165, 1.54) is 25.7 Å². The van der Waals surface area contributed by atoms with E-state index in [1.807, 2.05) is 6.08 Å². The van der Waals surface area contributed by atoms with Gasteiger partial charge in [-0.15, -0.1) is 0 Å². The van der Waals surface area contributed by atoms with Crippen LogP contribution < -0.4 is 0 Å². The molecular formula is C23H44O3Si. The van der Waals surface area contributed by atoms with Crippen LogP contribution in [0, 0.1) is 5.92 Å². The third-order valence-electron chi connectivity index (χ3n) is 6.78. The quantitative estimate of drug-likeness (QED) is 0.214. The third kappa shape index (κ3) is 7.73. The highest BCUT2D eigenvalue weighted by molar-refractivity contribution is 6.74. The van der Waals surface area contributed by atoms with Crippen molar-refractivity contribution >= 4 is 14.1 Å². The fourth-order valence-electron chi connectivity index (χ4n) is 3.47. The topological polar surface area (TPSA) is 35.5 Å². The van der Waals surface area contributed by atoms with Gasteiger partial charge in [0.05, 0.1) is 6.10 Å². The summed E-state index contributed by atoms with van der Waals surface area (Å²) in [5.41, 5.74) is 0. The van der Waals surface area contributed by atoms with E-state index < -0.39 is 8.32 Å². The summed E-state index contributed by atoms with van der Waals surface area (Å²) in [5, 5.41) is 0.221. The van der Waals surface area contributed by atoms with E-state index in [-0.39, 0.29) is 16.9 Å². The summed E-state index contributed by atoms with van der Waals surface area (Å²) in [5.74, 6) is 1.36. The maximum atomic E-state index is 12.4. The van der Waals surface area contributed by atoms with Crippen molar-refractivity contribution in [1.82, 2.24) is 0 Å². The van der Waals surface area contributed by atoms with Crippen LogP contribution >= 0.6 is 0 Å². The maximum Gasteiger partial charge on any atom is 0.197 e. The Kier molecular flexibility index (Phi) is 10.3. The number of carbonyl (C=O) groups is 1. The van der Waals surface area contributed by atoms with Crippen molar-refractivity contribution in [2.24, 2.45) is 5.92 Å². The van der Waals surface area contributed by atoms with Gasteiger partial charge in [0.25, 0.3) is 0 Å². The second-order valence-corrected chi connectivity index (χ2v) is 14.1. The zero-order valence-corrected chi connectivity index (χ0v) is 20.0. The highest BCUT2D eigenvalue weighted by Crippen LogP contribution is 2.44. The monoisotopic (exact) mass is 396 g/mol. The highest BCUT2D eigenvalue weighted by atomic mass is 28.4. The highest BCUT2D eigenvalue weighted by Gasteiger charge is 2.43. The number of ether oxygens (including phenoxy) is 1. The van der Waals surface area contributed by atoms with E-state index in [0.29, 0.717) is 24.7 Å². The molecule has 1 unspecified atom stereocenters. The molecule has 0 aromatic carbocycles. The minimum atomic E-state index is -1.80. The predicted molar refractivity (Wildman–Crippen MR) is 118 cm³/mol. The zero-order valence-electron chi connectivity index (χ0n) is 19.0. The fourth-order valence-corrected chi connectivity index (χ4v) is 5.86. The lowest BCUT2D eigenvalue weighted by Crippen LogP contribution is -2.45. The molecule has 27 heavy (non-hydrogen) atoms. The van der Waals surface area contributed by atoms with E-state index >= 15 is 0 Å². The summed E-state index contributed by atoms with van der Waals surface area (Å²) < 4.78 is 12.5. The molecule has 0 bridgehead atoms. The molecule has 1 saturated heterocycles. The number of carbonyl (C=O) groups excluding carboxylic acids is 1. The average Bonchev–Trinajstić information content (AvgIpc) is 2.77. The Bertz CT molecular complexity index is 480. The fraction of sp³-hybridized carbons (Fsp3) is 0.870. The van der Waals surface area contributed by atoms with Crippen LogP contribution in [0.1, 0.15) is 92.4 Å². The number of rotatable bonds is 11. The standard InChI is InChI=1S/C23H44O3Si/c1-8-9-10-11-14-20-15-12-16-21(24)22(26-20)17-13-18-25-27(6,7)23(4,5)19(2)3/h17,19-20H,8-16,18H2,1-7H3/b22-17-. The van der Waals surface area contributed by atoms with E-state index in [1.54, 1.807) is 0 Å². The Hall–Kier alpha value is -0.613. The average molecular weight is 397 g/mol. The molecule has 1 aliphatic heterocycles. The molecule has 3 nitrogen and oxygen atoms in total. The molecule has 1 heterocycles. The van der Waals surface area contributed by atoms with Gasteiger partial charge < -0.3 is 9.16 Å². The lowest BCUT2D eigenvalue weighted by Gasteiger charge is -2.42. The molecule has 0 aliphatic carbocycles. The number of allylic oxidation sites excluding steroid dienone is 1. The minimum absolute atomic E-state index is 0.171. The van der Waals surface area contributed by atoms with Crippen molar-refractivity contribution in [3.05, 3.63) is 11.8 Å². The summed E-state index contributed by atoms with van der Waals surface area (Å²) in [6, 6.07) is 0. The molecule has 0 amide bonds. The van der Waals surface area contributed by atoms with Gasteiger partial charge in [-0.25, -0.2) is 0 Å². The molecule has 1 fully saturated rings. The van der Waals surface area contributed by atoms with Gasteiger partial charge in [0.15, 0.2) is 19.9 Å². The number of Topliss-reactive ketones (excluding diaryl/α,β-unsaturated/α-hetero) is 1. The summed E-state index contributed by atoms with van der Waals surface area (Å²) in [6.45, 7) is 16.7. The Morgan fingerprint density at radius 2 is 1.96 bits per heavy atom. The lowest BCUT2D eigenvalue weighted by molar-refractivity contribution is -0.118. The van der Waals surface area contributed by atoms with Crippen LogP contribution in [0.5, 0.6) is 0 Å². The number of unbranched alkanes of at least 4 members (excludes halogenated alkanes) is 3. The summed E-state index contributed by atoms with van der Waals surface area (Å²) in [4.78, 5) is 12.4. The van der Waals surface area contributed by atoms with E-state index in [4.69, 9.17) is 9.16 Å². The van der Waals surface area contributed by atoms with Crippen molar-refractivity contribution in [3.8, 4) is 0 Å². The Labute approximate surface area is 169 Å². The zero-order chi connectivity index (χ0) is 20.5. The van der Waals surface area contributed by atoms with Crippen LogP contribution in [0.3, 0.4) is 0 Å². The largest absolute Gasteiger partial charge is 0.487 e. The van der Waals surface area contributed by atoms with Crippen LogP contribution in [-0.2, 0) is 14.0 Å². The van der Waals surface area contributed by atoms with Gasteiger partial charge in [-0.3, -0.25) is 4.79 Å². The molecule has 0 aromatic heterocycles. The summed E-state index contributed by atoms with van der Waals surface area (Å²) >= 11 is 0. The molecule has 0 saturated carbocycles. The van der Waals surface area contributed by atoms with Gasteiger partial charge in [-0.2, -0.15) is 0 Å². The van der Waals surface area contributed by atoms with E-state index in [2.05, 4.69) is 47.7 Å². The predicted octanol–water partition coefficient (Wildman–Crippen LogP) is 7.03. The Morgan fingerprint density at radius 3 is 2.59 bits per heavy atom. The van der Waals surface area contributed by atoms with E-state index in [0.717, 1.165) is 25.7 Å². The molecule has 158 valence electrons. The second kappa shape index (κ2) is 11.4. The number of hydrogen-bond donors (Lipinski definition) is 0. The first-order valence-electron chi connectivity index (χ1n) is 11.2. The van der Waals surface area contributed by atoms with Gasteiger partial charge >= 0.3 is 0 Å². The van der Waals surface area contributed by atoms with Crippen LogP contribution in [0.15, 0.2) is 11.8 Å². The number of ketones is 1. The molecule has 0 radical (unpaired) electrons. The van der Waals surface area contributed by atoms with Crippen molar-refractivity contribution < 1.29 is 14.0 Å². The van der Waals surface area contributed by atoms with Crippen LogP contribution in [0.4, 0.5) is 0 Å². The van der Waals surface area contributed by atoms with Crippen LogP contribution in [0.25, 0.3) is 0 Å². The smallest absolute Gasteiger partial charge is 0.197 e. The summed E-state index contributed by atoms with van der Waals surface area (Å²) in [7, 11) is -1.80. The third-order valence-corrected chi connectivity index (χ3v) is 11.4. The van der Waals surface area contributed by atoms with Gasteiger partial charge in [-0.1, -0.05) is 53.9 Å². The minimum Gasteiger partial charge on any atom is -0.487 e. The van der Waals surface area contributed by atoms with Gasteiger partial charge in [0, 0.05) is 13.0 Å². The van der Waals surface area contributed by atoms with Crippen LogP contribution in [-0.4, -0.2) is 26.8 Å². The molecule has 4 heteroatoms. The normalized spacial score (nSPS) is 20.8. The van der Waals surface area contributed by atoms with Crippen molar-refractivity contribution in [2.75, 3.05) is 6.61 Å². The molecule has 0 aromatic rings. The number of hydrogen-bond acceptors (Lipinski definition) is 3. The summed E-state index contributed by atoms with van der Waals surface area (Å²) in [6.07, 6.45) is 11.6. The lowest BCUT2D eigenvalue weighted by atomic mass is 9.99.